The molecule has 0 heterocycles. The molecular weight excluding hydrogens is 180 g/mol. The number of hydrogen-bond acceptors (Lipinski definition) is 3. The lowest BCUT2D eigenvalue weighted by Crippen LogP contribution is -2.14. The molecule has 11 heavy (non-hydrogen) atoms. The van der Waals surface area contributed by atoms with Gasteiger partial charge in [0.05, 0.1) is 5.25 Å². The van der Waals surface area contributed by atoms with E-state index in [0.717, 1.165) is 12.2 Å². The predicted molar refractivity (Wildman–Crippen MR) is 52.7 cm³/mol. The van der Waals surface area contributed by atoms with E-state index in [2.05, 4.69) is 32.2 Å². The van der Waals surface area contributed by atoms with Crippen molar-refractivity contribution in [3.8, 4) is 0 Å². The molecule has 1 N–H and O–H groups in total. The highest BCUT2D eigenvalue weighted by molar-refractivity contribution is 7.81. The van der Waals surface area contributed by atoms with Gasteiger partial charge in [-0.25, -0.2) is 0 Å². The third-order valence-corrected chi connectivity index (χ3v) is 2.63. The van der Waals surface area contributed by atoms with Gasteiger partial charge >= 0.3 is 5.97 Å². The van der Waals surface area contributed by atoms with Gasteiger partial charge in [0.25, 0.3) is 0 Å². The first-order valence-electron chi connectivity index (χ1n) is 3.59. The maximum Gasteiger partial charge on any atom is 0.316 e. The summed E-state index contributed by atoms with van der Waals surface area (Å²) in [6.07, 6.45) is 1.50. The third-order valence-electron chi connectivity index (χ3n) is 1.53. The number of thiol groups is 2. The van der Waals surface area contributed by atoms with Gasteiger partial charge in [0.2, 0.25) is 0 Å². The number of hydrogen-bond donors (Lipinski definition) is 3. The van der Waals surface area contributed by atoms with Gasteiger partial charge in [-0.1, -0.05) is 6.92 Å². The Morgan fingerprint density at radius 3 is 2.45 bits per heavy atom. The van der Waals surface area contributed by atoms with Crippen molar-refractivity contribution >= 4 is 31.2 Å². The van der Waals surface area contributed by atoms with Crippen LogP contribution in [0.2, 0.25) is 0 Å². The minimum Gasteiger partial charge on any atom is -0.480 e. The van der Waals surface area contributed by atoms with Gasteiger partial charge in [-0.05, 0) is 24.5 Å². The molecule has 2 unspecified atom stereocenters. The number of carbonyl (C=O) groups is 1. The zero-order valence-electron chi connectivity index (χ0n) is 6.53. The minimum atomic E-state index is -0.834. The molecule has 0 radical (unpaired) electrons. The Morgan fingerprint density at radius 1 is 1.55 bits per heavy atom. The Morgan fingerprint density at radius 2 is 2.09 bits per heavy atom. The van der Waals surface area contributed by atoms with E-state index < -0.39 is 11.2 Å². The highest BCUT2D eigenvalue weighted by Gasteiger charge is 2.12. The molecule has 0 amide bonds. The van der Waals surface area contributed by atoms with E-state index in [0.29, 0.717) is 12.3 Å². The maximum absolute atomic E-state index is 10.3. The fourth-order valence-corrected chi connectivity index (χ4v) is 0.989. The van der Waals surface area contributed by atoms with E-state index in [9.17, 15) is 4.79 Å². The molecule has 2 nitrogen and oxygen atoms in total. The number of carboxylic acid groups (broad SMARTS) is 1. The quantitative estimate of drug-likeness (QED) is 0.583. The Bertz CT molecular complexity index is 128. The monoisotopic (exact) mass is 194 g/mol. The summed E-state index contributed by atoms with van der Waals surface area (Å²) < 4.78 is 0. The van der Waals surface area contributed by atoms with E-state index in [1.165, 1.54) is 0 Å². The Labute approximate surface area is 78.2 Å². The molecule has 0 fully saturated rings. The number of aliphatic carboxylic acids is 1. The summed E-state index contributed by atoms with van der Waals surface area (Å²) in [5.74, 6) is 0.451. The fraction of sp³-hybridized carbons (Fsp3) is 0.857. The second-order valence-electron chi connectivity index (χ2n) is 2.72. The zero-order valence-corrected chi connectivity index (χ0v) is 8.31. The van der Waals surface area contributed by atoms with Crippen LogP contribution in [0.25, 0.3) is 0 Å². The van der Waals surface area contributed by atoms with E-state index >= 15 is 0 Å². The molecule has 0 aliphatic rings. The summed E-state index contributed by atoms with van der Waals surface area (Å²) in [5.41, 5.74) is 0. The second kappa shape index (κ2) is 5.77. The van der Waals surface area contributed by atoms with Crippen LogP contribution < -0.4 is 0 Å². The van der Waals surface area contributed by atoms with Crippen molar-refractivity contribution in [1.82, 2.24) is 0 Å². The van der Waals surface area contributed by atoms with Crippen molar-refractivity contribution in [3.63, 3.8) is 0 Å². The summed E-state index contributed by atoms with van der Waals surface area (Å²) >= 11 is 8.01. The molecular formula is C7H14O2S2. The van der Waals surface area contributed by atoms with Crippen LogP contribution in [-0.2, 0) is 4.79 Å². The van der Waals surface area contributed by atoms with Crippen LogP contribution in [0.15, 0.2) is 0 Å². The standard InChI is InChI=1S/C7H14O2S2/c1-5(4-10)2-3-6(11)7(8)9/h5-6,10-11H,2-4H2,1H3,(H,8,9). The molecule has 0 aliphatic heterocycles. The average molecular weight is 194 g/mol. The van der Waals surface area contributed by atoms with E-state index in [1.54, 1.807) is 0 Å². The van der Waals surface area contributed by atoms with Crippen molar-refractivity contribution < 1.29 is 9.90 Å². The summed E-state index contributed by atoms with van der Waals surface area (Å²) in [4.78, 5) is 10.3. The van der Waals surface area contributed by atoms with Crippen molar-refractivity contribution in [2.24, 2.45) is 5.92 Å². The molecule has 0 bridgehead atoms. The van der Waals surface area contributed by atoms with Crippen LogP contribution in [0.3, 0.4) is 0 Å². The molecule has 0 aromatic heterocycles. The van der Waals surface area contributed by atoms with Crippen LogP contribution in [0.1, 0.15) is 19.8 Å². The largest absolute Gasteiger partial charge is 0.480 e. The number of rotatable bonds is 5. The fourth-order valence-electron chi connectivity index (χ4n) is 0.657. The summed E-state index contributed by atoms with van der Waals surface area (Å²) in [7, 11) is 0. The smallest absolute Gasteiger partial charge is 0.316 e. The molecule has 0 aliphatic carbocycles. The van der Waals surface area contributed by atoms with Gasteiger partial charge in [0, 0.05) is 0 Å². The zero-order chi connectivity index (χ0) is 8.85. The van der Waals surface area contributed by atoms with Gasteiger partial charge in [-0.3, -0.25) is 4.79 Å². The summed E-state index contributed by atoms with van der Waals surface area (Å²) in [5, 5.41) is 7.96. The lowest BCUT2D eigenvalue weighted by atomic mass is 10.1. The van der Waals surface area contributed by atoms with Crippen molar-refractivity contribution in [2.75, 3.05) is 5.75 Å². The molecule has 0 saturated carbocycles. The summed E-state index contributed by atoms with van der Waals surface area (Å²) in [6.45, 7) is 2.05. The van der Waals surface area contributed by atoms with Gasteiger partial charge in [-0.2, -0.15) is 25.3 Å². The molecule has 0 aromatic rings. The highest BCUT2D eigenvalue weighted by Crippen LogP contribution is 2.12. The Balaban J connectivity index is 3.45. The van der Waals surface area contributed by atoms with Gasteiger partial charge in [-0.15, -0.1) is 0 Å². The Kier molecular flexibility index (Phi) is 5.86. The first-order valence-corrected chi connectivity index (χ1v) is 4.74. The second-order valence-corrected chi connectivity index (χ2v) is 3.71. The van der Waals surface area contributed by atoms with Crippen LogP contribution in [0, 0.1) is 5.92 Å². The first-order chi connectivity index (χ1) is 5.07. The molecule has 0 saturated heterocycles. The first kappa shape index (κ1) is 11.2. The van der Waals surface area contributed by atoms with E-state index in [1.807, 2.05) is 0 Å². The van der Waals surface area contributed by atoms with E-state index in [4.69, 9.17) is 5.11 Å². The van der Waals surface area contributed by atoms with Gasteiger partial charge in [0.15, 0.2) is 0 Å². The lowest BCUT2D eigenvalue weighted by molar-refractivity contribution is -0.136. The van der Waals surface area contributed by atoms with Crippen molar-refractivity contribution in [1.29, 1.82) is 0 Å². The molecule has 66 valence electrons. The van der Waals surface area contributed by atoms with Crippen LogP contribution in [0.4, 0.5) is 0 Å². The maximum atomic E-state index is 10.3. The highest BCUT2D eigenvalue weighted by atomic mass is 32.1. The molecule has 4 heteroatoms. The minimum absolute atomic E-state index is 0.479. The molecule has 0 aromatic carbocycles. The Hall–Kier alpha value is 0.170. The SMILES string of the molecule is CC(CS)CCC(S)C(=O)O. The predicted octanol–water partition coefficient (Wildman–Crippen LogP) is 1.72. The topological polar surface area (TPSA) is 37.3 Å². The summed E-state index contributed by atoms with van der Waals surface area (Å²) in [6, 6.07) is 0. The van der Waals surface area contributed by atoms with Gasteiger partial charge < -0.3 is 5.11 Å². The molecule has 2 atom stereocenters. The van der Waals surface area contributed by atoms with Gasteiger partial charge in [0.1, 0.15) is 0 Å². The van der Waals surface area contributed by atoms with Crippen LogP contribution in [-0.4, -0.2) is 22.1 Å². The molecule has 0 rings (SSSR count). The van der Waals surface area contributed by atoms with E-state index in [-0.39, 0.29) is 0 Å². The van der Waals surface area contributed by atoms with Crippen molar-refractivity contribution in [3.05, 3.63) is 0 Å². The number of carboxylic acids is 1. The molecule has 0 spiro atoms. The lowest BCUT2D eigenvalue weighted by Gasteiger charge is -2.09. The normalized spacial score (nSPS) is 15.9. The average Bonchev–Trinajstić information content (AvgIpc) is 1.99. The van der Waals surface area contributed by atoms with Crippen LogP contribution >= 0.6 is 25.3 Å². The van der Waals surface area contributed by atoms with Crippen molar-refractivity contribution in [2.45, 2.75) is 25.0 Å². The van der Waals surface area contributed by atoms with Crippen LogP contribution in [0.5, 0.6) is 0 Å². The third kappa shape index (κ3) is 5.44.